The van der Waals surface area contributed by atoms with Crippen molar-refractivity contribution in [1.29, 1.82) is 0 Å². The molecule has 1 aliphatic carbocycles. The molecule has 0 spiro atoms. The molecule has 22 heavy (non-hydrogen) atoms. The number of benzene rings is 1. The number of hydrogen-bond donors (Lipinski definition) is 2. The van der Waals surface area contributed by atoms with Gasteiger partial charge in [0.25, 0.3) is 0 Å². The maximum atomic E-state index is 12.0. The number of amides is 2. The molecule has 0 bridgehead atoms. The SMILES string of the molecule is C[C@H]1CN(c2ccccc2NC(=O)NCC2CC2)C[C@H](C)O1. The minimum absolute atomic E-state index is 0.117. The van der Waals surface area contributed by atoms with Crippen LogP contribution in [0.15, 0.2) is 24.3 Å². The predicted octanol–water partition coefficient (Wildman–Crippen LogP) is 2.83. The lowest BCUT2D eigenvalue weighted by atomic mass is 10.1. The molecule has 1 aromatic rings. The first-order valence-corrected chi connectivity index (χ1v) is 8.16. The van der Waals surface area contributed by atoms with E-state index in [-0.39, 0.29) is 18.2 Å². The number of ether oxygens (including phenoxy) is 1. The van der Waals surface area contributed by atoms with Crippen molar-refractivity contribution < 1.29 is 9.53 Å². The number of nitrogens with zero attached hydrogens (tertiary/aromatic N) is 1. The number of morpholine rings is 1. The molecule has 1 aliphatic heterocycles. The van der Waals surface area contributed by atoms with Gasteiger partial charge in [0.15, 0.2) is 0 Å². The van der Waals surface area contributed by atoms with E-state index in [0.29, 0.717) is 5.92 Å². The second-order valence-corrected chi connectivity index (χ2v) is 6.46. The largest absolute Gasteiger partial charge is 0.372 e. The number of nitrogens with one attached hydrogen (secondary N) is 2. The molecular weight excluding hydrogens is 278 g/mol. The summed E-state index contributed by atoms with van der Waals surface area (Å²) in [4.78, 5) is 14.3. The molecule has 1 heterocycles. The topological polar surface area (TPSA) is 53.6 Å². The minimum atomic E-state index is -0.117. The van der Waals surface area contributed by atoms with Crippen molar-refractivity contribution in [2.24, 2.45) is 5.92 Å². The summed E-state index contributed by atoms with van der Waals surface area (Å²) in [6.45, 7) is 6.63. The summed E-state index contributed by atoms with van der Waals surface area (Å²) in [7, 11) is 0. The molecule has 5 heteroatoms. The highest BCUT2D eigenvalue weighted by atomic mass is 16.5. The van der Waals surface area contributed by atoms with Crippen LogP contribution in [-0.4, -0.2) is 37.9 Å². The van der Waals surface area contributed by atoms with E-state index in [0.717, 1.165) is 31.0 Å². The number of hydrogen-bond acceptors (Lipinski definition) is 3. The molecular formula is C17H25N3O2. The molecule has 3 rings (SSSR count). The lowest BCUT2D eigenvalue weighted by Gasteiger charge is -2.37. The molecule has 2 atom stereocenters. The summed E-state index contributed by atoms with van der Waals surface area (Å²) in [5.41, 5.74) is 1.92. The molecule has 2 N–H and O–H groups in total. The van der Waals surface area contributed by atoms with Crippen LogP contribution in [0.5, 0.6) is 0 Å². The first-order chi connectivity index (χ1) is 10.6. The Morgan fingerprint density at radius 3 is 2.59 bits per heavy atom. The average molecular weight is 303 g/mol. The van der Waals surface area contributed by atoms with Crippen molar-refractivity contribution in [3.63, 3.8) is 0 Å². The van der Waals surface area contributed by atoms with Crippen LogP contribution in [0.4, 0.5) is 16.2 Å². The van der Waals surface area contributed by atoms with Crippen LogP contribution in [0.1, 0.15) is 26.7 Å². The fraction of sp³-hybridized carbons (Fsp3) is 0.588. The van der Waals surface area contributed by atoms with E-state index in [1.54, 1.807) is 0 Å². The number of anilines is 2. The average Bonchev–Trinajstić information content (AvgIpc) is 3.29. The Balaban J connectivity index is 1.67. The summed E-state index contributed by atoms with van der Waals surface area (Å²) in [5, 5.41) is 5.94. The van der Waals surface area contributed by atoms with Gasteiger partial charge in [-0.25, -0.2) is 4.79 Å². The van der Waals surface area contributed by atoms with E-state index in [1.807, 2.05) is 18.2 Å². The van der Waals surface area contributed by atoms with Crippen molar-refractivity contribution in [2.75, 3.05) is 29.9 Å². The Hall–Kier alpha value is -1.75. The quantitative estimate of drug-likeness (QED) is 0.899. The van der Waals surface area contributed by atoms with Gasteiger partial charge in [-0.05, 0) is 44.7 Å². The number of urea groups is 1. The van der Waals surface area contributed by atoms with Crippen LogP contribution in [0.2, 0.25) is 0 Å². The van der Waals surface area contributed by atoms with Gasteiger partial charge in [-0.1, -0.05) is 12.1 Å². The molecule has 1 saturated heterocycles. The van der Waals surface area contributed by atoms with Crippen molar-refractivity contribution >= 4 is 17.4 Å². The third kappa shape index (κ3) is 3.91. The first kappa shape index (κ1) is 15.2. The zero-order chi connectivity index (χ0) is 15.5. The van der Waals surface area contributed by atoms with E-state index >= 15 is 0 Å². The highest BCUT2D eigenvalue weighted by molar-refractivity contribution is 5.93. The third-order valence-corrected chi connectivity index (χ3v) is 4.16. The Morgan fingerprint density at radius 2 is 1.91 bits per heavy atom. The molecule has 5 nitrogen and oxygen atoms in total. The fourth-order valence-electron chi connectivity index (χ4n) is 2.96. The highest BCUT2D eigenvalue weighted by Crippen LogP contribution is 2.29. The number of para-hydroxylation sites is 2. The second-order valence-electron chi connectivity index (χ2n) is 6.46. The molecule has 1 saturated carbocycles. The lowest BCUT2D eigenvalue weighted by molar-refractivity contribution is -0.00517. The van der Waals surface area contributed by atoms with Crippen LogP contribution in [0.25, 0.3) is 0 Å². The van der Waals surface area contributed by atoms with Gasteiger partial charge in [-0.3, -0.25) is 0 Å². The summed E-state index contributed by atoms with van der Waals surface area (Å²) < 4.78 is 5.79. The van der Waals surface area contributed by atoms with E-state index in [9.17, 15) is 4.79 Å². The van der Waals surface area contributed by atoms with Crippen LogP contribution in [0.3, 0.4) is 0 Å². The maximum absolute atomic E-state index is 12.0. The second kappa shape index (κ2) is 6.57. The van der Waals surface area contributed by atoms with Gasteiger partial charge in [0.1, 0.15) is 0 Å². The summed E-state index contributed by atoms with van der Waals surface area (Å²) in [6.07, 6.45) is 2.86. The number of carbonyl (C=O) groups is 1. The zero-order valence-electron chi connectivity index (χ0n) is 13.3. The Morgan fingerprint density at radius 1 is 1.23 bits per heavy atom. The van der Waals surface area contributed by atoms with Crippen molar-refractivity contribution in [2.45, 2.75) is 38.9 Å². The fourth-order valence-corrected chi connectivity index (χ4v) is 2.96. The van der Waals surface area contributed by atoms with Crippen LogP contribution in [-0.2, 0) is 4.74 Å². The first-order valence-electron chi connectivity index (χ1n) is 8.16. The normalized spacial score (nSPS) is 24.9. The Labute approximate surface area is 132 Å². The van der Waals surface area contributed by atoms with Crippen molar-refractivity contribution in [1.82, 2.24) is 5.32 Å². The van der Waals surface area contributed by atoms with Gasteiger partial charge in [0.2, 0.25) is 0 Å². The molecule has 2 amide bonds. The van der Waals surface area contributed by atoms with Gasteiger partial charge < -0.3 is 20.3 Å². The molecule has 2 aliphatic rings. The van der Waals surface area contributed by atoms with E-state index < -0.39 is 0 Å². The summed E-state index contributed by atoms with van der Waals surface area (Å²) in [6, 6.07) is 7.85. The van der Waals surface area contributed by atoms with Crippen LogP contribution >= 0.6 is 0 Å². The highest BCUT2D eigenvalue weighted by Gasteiger charge is 2.25. The molecule has 1 aromatic carbocycles. The van der Waals surface area contributed by atoms with Crippen LogP contribution in [0, 0.1) is 5.92 Å². The Kier molecular flexibility index (Phi) is 4.52. The number of rotatable bonds is 4. The number of carbonyl (C=O) groups excluding carboxylic acids is 1. The van der Waals surface area contributed by atoms with Crippen molar-refractivity contribution in [3.05, 3.63) is 24.3 Å². The lowest BCUT2D eigenvalue weighted by Crippen LogP contribution is -2.45. The summed E-state index contributed by atoms with van der Waals surface area (Å²) in [5.74, 6) is 0.682. The molecule has 0 radical (unpaired) electrons. The standard InChI is InChI=1S/C17H25N3O2/c1-12-10-20(11-13(2)22-12)16-6-4-3-5-15(16)19-17(21)18-9-14-7-8-14/h3-6,12-14H,7-11H2,1-2H3,(H2,18,19,21)/t12-,13-/m0/s1. The van der Waals surface area contributed by atoms with Gasteiger partial charge in [0, 0.05) is 19.6 Å². The van der Waals surface area contributed by atoms with Gasteiger partial charge in [-0.2, -0.15) is 0 Å². The van der Waals surface area contributed by atoms with Gasteiger partial charge >= 0.3 is 6.03 Å². The molecule has 0 unspecified atom stereocenters. The third-order valence-electron chi connectivity index (χ3n) is 4.16. The smallest absolute Gasteiger partial charge is 0.319 e. The zero-order valence-corrected chi connectivity index (χ0v) is 13.3. The molecule has 0 aromatic heterocycles. The van der Waals surface area contributed by atoms with E-state index in [2.05, 4.69) is 35.4 Å². The van der Waals surface area contributed by atoms with Crippen molar-refractivity contribution in [3.8, 4) is 0 Å². The Bertz CT molecular complexity index is 520. The maximum Gasteiger partial charge on any atom is 0.319 e. The predicted molar refractivity (Wildman–Crippen MR) is 88.4 cm³/mol. The van der Waals surface area contributed by atoms with Crippen LogP contribution < -0.4 is 15.5 Å². The summed E-state index contributed by atoms with van der Waals surface area (Å²) >= 11 is 0. The van der Waals surface area contributed by atoms with E-state index in [4.69, 9.17) is 4.74 Å². The van der Waals surface area contributed by atoms with E-state index in [1.165, 1.54) is 12.8 Å². The van der Waals surface area contributed by atoms with Gasteiger partial charge in [0.05, 0.1) is 23.6 Å². The van der Waals surface area contributed by atoms with Gasteiger partial charge in [-0.15, -0.1) is 0 Å². The molecule has 120 valence electrons. The monoisotopic (exact) mass is 303 g/mol. The minimum Gasteiger partial charge on any atom is -0.372 e. The molecule has 2 fully saturated rings.